The normalized spacial score (nSPS) is 12.3. The number of carbonyl (C=O) groups is 1. The van der Waals surface area contributed by atoms with Crippen LogP contribution in [0.25, 0.3) is 0 Å². The van der Waals surface area contributed by atoms with Crippen LogP contribution in [-0.4, -0.2) is 31.1 Å². The second-order valence-corrected chi connectivity index (χ2v) is 4.15. The summed E-state index contributed by atoms with van der Waals surface area (Å²) in [5.74, 6) is -8.89. The molecule has 0 aliphatic heterocycles. The molecule has 2 N–H and O–H groups in total. The van der Waals surface area contributed by atoms with E-state index in [4.69, 9.17) is 5.73 Å². The zero-order chi connectivity index (χ0) is 16.3. The Kier molecular flexibility index (Phi) is 5.21. The summed E-state index contributed by atoms with van der Waals surface area (Å²) in [5, 5.41) is 0. The summed E-state index contributed by atoms with van der Waals surface area (Å²) in [6.45, 7) is -0.513. The minimum Gasteiger partial charge on any atom is -0.330 e. The minimum absolute atomic E-state index is 0.0177. The second kappa shape index (κ2) is 6.33. The molecule has 0 saturated carbocycles. The number of rotatable bonds is 5. The third-order valence-corrected chi connectivity index (χ3v) is 2.58. The van der Waals surface area contributed by atoms with Crippen LogP contribution in [0.4, 0.5) is 32.0 Å². The Hall–Kier alpha value is -1.77. The van der Waals surface area contributed by atoms with E-state index in [1.807, 2.05) is 0 Å². The summed E-state index contributed by atoms with van der Waals surface area (Å²) in [4.78, 5) is 11.7. The van der Waals surface area contributed by atoms with Crippen LogP contribution in [0.5, 0.6) is 0 Å². The molecule has 0 bridgehead atoms. The molecule has 0 heterocycles. The number of amides is 1. The van der Waals surface area contributed by atoms with E-state index in [0.29, 0.717) is 6.07 Å². The van der Waals surface area contributed by atoms with Crippen LogP contribution in [0.2, 0.25) is 0 Å². The Bertz CT molecular complexity index is 503. The Morgan fingerprint density at radius 3 is 2.29 bits per heavy atom. The van der Waals surface area contributed by atoms with Crippen molar-refractivity contribution in [3.05, 3.63) is 30.1 Å². The molecule has 0 fully saturated rings. The molecule has 3 nitrogen and oxygen atoms in total. The van der Waals surface area contributed by atoms with Gasteiger partial charge >= 0.3 is 18.0 Å². The quantitative estimate of drug-likeness (QED) is 0.850. The number of hydrogen-bond donors (Lipinski definition) is 1. The highest BCUT2D eigenvalue weighted by atomic mass is 19.4. The highest BCUT2D eigenvalue weighted by Crippen LogP contribution is 2.38. The first-order chi connectivity index (χ1) is 9.61. The maximum Gasteiger partial charge on any atom is 0.463 e. The maximum absolute atomic E-state index is 13.1. The molecule has 1 aromatic carbocycles. The van der Waals surface area contributed by atoms with Crippen molar-refractivity contribution in [1.29, 1.82) is 0 Å². The molecule has 1 aromatic rings. The van der Waals surface area contributed by atoms with E-state index in [9.17, 15) is 31.1 Å². The van der Waals surface area contributed by atoms with E-state index in [1.165, 1.54) is 0 Å². The van der Waals surface area contributed by atoms with Gasteiger partial charge in [0.15, 0.2) is 0 Å². The van der Waals surface area contributed by atoms with Crippen LogP contribution >= 0.6 is 0 Å². The average molecular weight is 314 g/mol. The Balaban J connectivity index is 3.17. The van der Waals surface area contributed by atoms with Gasteiger partial charge < -0.3 is 10.6 Å². The van der Waals surface area contributed by atoms with Crippen LogP contribution in [-0.2, 0) is 4.79 Å². The van der Waals surface area contributed by atoms with Crippen molar-refractivity contribution in [1.82, 2.24) is 0 Å². The summed E-state index contributed by atoms with van der Waals surface area (Å²) in [6, 6.07) is 3.82. The summed E-state index contributed by atoms with van der Waals surface area (Å²) in [7, 11) is 0. The molecule has 9 heteroatoms. The highest BCUT2D eigenvalue weighted by Gasteiger charge is 2.64. The van der Waals surface area contributed by atoms with E-state index >= 15 is 0 Å². The number of carbonyl (C=O) groups excluding carboxylic acids is 1. The Morgan fingerprint density at radius 2 is 1.81 bits per heavy atom. The van der Waals surface area contributed by atoms with Crippen molar-refractivity contribution >= 4 is 11.6 Å². The summed E-state index contributed by atoms with van der Waals surface area (Å²) in [5.41, 5.74) is 4.77. The standard InChI is InChI=1S/C12H12F6N2O/c13-8-3-1-4-9(7-8)20(6-2-5-19)10(21)11(14,15)12(16,17)18/h1,3-4,7H,2,5-6,19H2. The number of alkyl halides is 5. The Labute approximate surface area is 116 Å². The molecule has 0 radical (unpaired) electrons. The molecule has 0 aliphatic rings. The highest BCUT2D eigenvalue weighted by molar-refractivity contribution is 5.98. The van der Waals surface area contributed by atoms with Gasteiger partial charge in [-0.05, 0) is 31.2 Å². The van der Waals surface area contributed by atoms with Crippen LogP contribution in [0.3, 0.4) is 0 Å². The van der Waals surface area contributed by atoms with Gasteiger partial charge in [-0.25, -0.2) is 4.39 Å². The largest absolute Gasteiger partial charge is 0.463 e. The van der Waals surface area contributed by atoms with Gasteiger partial charge in [0.25, 0.3) is 0 Å². The summed E-state index contributed by atoms with van der Waals surface area (Å²) >= 11 is 0. The van der Waals surface area contributed by atoms with Gasteiger partial charge in [-0.2, -0.15) is 22.0 Å². The van der Waals surface area contributed by atoms with E-state index in [2.05, 4.69) is 0 Å². The molecule has 0 spiro atoms. The smallest absolute Gasteiger partial charge is 0.330 e. The zero-order valence-corrected chi connectivity index (χ0v) is 10.6. The topological polar surface area (TPSA) is 46.3 Å². The van der Waals surface area contributed by atoms with Crippen LogP contribution in [0, 0.1) is 5.82 Å². The maximum atomic E-state index is 13.1. The molecular weight excluding hydrogens is 302 g/mol. The zero-order valence-electron chi connectivity index (χ0n) is 10.6. The Morgan fingerprint density at radius 1 is 1.19 bits per heavy atom. The minimum atomic E-state index is -6.03. The fraction of sp³-hybridized carbons (Fsp3) is 0.417. The van der Waals surface area contributed by atoms with Crippen LogP contribution in [0.15, 0.2) is 24.3 Å². The third-order valence-electron chi connectivity index (χ3n) is 2.58. The number of benzene rings is 1. The van der Waals surface area contributed by atoms with Gasteiger partial charge in [0.1, 0.15) is 5.82 Å². The number of nitrogens with two attached hydrogens (primary N) is 1. The van der Waals surface area contributed by atoms with E-state index in [-0.39, 0.29) is 17.9 Å². The van der Waals surface area contributed by atoms with Gasteiger partial charge in [0.05, 0.1) is 0 Å². The first-order valence-corrected chi connectivity index (χ1v) is 5.83. The van der Waals surface area contributed by atoms with Gasteiger partial charge in [-0.1, -0.05) is 6.07 Å². The predicted octanol–water partition coefficient (Wildman–Crippen LogP) is 2.71. The fourth-order valence-corrected chi connectivity index (χ4v) is 1.53. The van der Waals surface area contributed by atoms with E-state index in [0.717, 1.165) is 18.2 Å². The van der Waals surface area contributed by atoms with Crippen molar-refractivity contribution < 1.29 is 31.1 Å². The van der Waals surface area contributed by atoms with Gasteiger partial charge in [0, 0.05) is 12.2 Å². The third kappa shape index (κ3) is 3.87. The monoisotopic (exact) mass is 314 g/mol. The molecule has 1 amide bonds. The van der Waals surface area contributed by atoms with E-state index in [1.54, 1.807) is 0 Å². The summed E-state index contributed by atoms with van der Waals surface area (Å²) < 4.78 is 76.2. The SMILES string of the molecule is NCCCN(C(=O)C(F)(F)C(F)(F)F)c1cccc(F)c1. The van der Waals surface area contributed by atoms with Crippen LogP contribution < -0.4 is 10.6 Å². The molecule has 0 saturated heterocycles. The molecule has 0 atom stereocenters. The first kappa shape index (κ1) is 17.3. The lowest BCUT2D eigenvalue weighted by Crippen LogP contribution is -2.52. The number of hydrogen-bond acceptors (Lipinski definition) is 2. The molecule has 0 aliphatic carbocycles. The van der Waals surface area contributed by atoms with Crippen LogP contribution in [0.1, 0.15) is 6.42 Å². The molecule has 0 aromatic heterocycles. The van der Waals surface area contributed by atoms with Crippen molar-refractivity contribution in [3.8, 4) is 0 Å². The number of anilines is 1. The van der Waals surface area contributed by atoms with Crippen molar-refractivity contribution in [2.45, 2.75) is 18.5 Å². The lowest BCUT2D eigenvalue weighted by molar-refractivity contribution is -0.268. The number of nitrogens with zero attached hydrogens (tertiary/aromatic N) is 1. The molecular formula is C12H12F6N2O. The predicted molar refractivity (Wildman–Crippen MR) is 63.4 cm³/mol. The van der Waals surface area contributed by atoms with Gasteiger partial charge in [-0.15, -0.1) is 0 Å². The van der Waals surface area contributed by atoms with Gasteiger partial charge in [0.2, 0.25) is 0 Å². The molecule has 118 valence electrons. The van der Waals surface area contributed by atoms with Crippen molar-refractivity contribution in [2.75, 3.05) is 18.0 Å². The molecule has 0 unspecified atom stereocenters. The van der Waals surface area contributed by atoms with Crippen molar-refractivity contribution in [2.24, 2.45) is 5.73 Å². The lowest BCUT2D eigenvalue weighted by atomic mass is 10.2. The number of halogens is 6. The first-order valence-electron chi connectivity index (χ1n) is 5.83. The van der Waals surface area contributed by atoms with Gasteiger partial charge in [-0.3, -0.25) is 4.79 Å². The molecule has 1 rings (SSSR count). The molecule has 21 heavy (non-hydrogen) atoms. The lowest BCUT2D eigenvalue weighted by Gasteiger charge is -2.28. The van der Waals surface area contributed by atoms with E-state index < -0.39 is 36.1 Å². The van der Waals surface area contributed by atoms with Crippen molar-refractivity contribution in [3.63, 3.8) is 0 Å². The second-order valence-electron chi connectivity index (χ2n) is 4.15. The summed E-state index contributed by atoms with van der Waals surface area (Å²) in [6.07, 6.45) is -6.05. The average Bonchev–Trinajstić information content (AvgIpc) is 2.37. The fourth-order valence-electron chi connectivity index (χ4n) is 1.53.